The van der Waals surface area contributed by atoms with Gasteiger partial charge in [0.05, 0.1) is 15.6 Å². The molecule has 1 aromatic heterocycles. The van der Waals surface area contributed by atoms with Crippen molar-refractivity contribution in [1.29, 1.82) is 0 Å². The van der Waals surface area contributed by atoms with Crippen LogP contribution in [-0.2, 0) is 0 Å². The molecule has 0 fully saturated rings. The van der Waals surface area contributed by atoms with Gasteiger partial charge in [0.15, 0.2) is 5.78 Å². The molecule has 2 nitrogen and oxygen atoms in total. The van der Waals surface area contributed by atoms with Crippen LogP contribution in [0.2, 0.25) is 10.0 Å². The highest BCUT2D eigenvalue weighted by Gasteiger charge is 2.12. The van der Waals surface area contributed by atoms with E-state index in [2.05, 4.69) is 4.98 Å². The Morgan fingerprint density at radius 3 is 2.47 bits per heavy atom. The summed E-state index contributed by atoms with van der Waals surface area (Å²) in [5, 5.41) is 1.81. The van der Waals surface area contributed by atoms with Crippen LogP contribution in [0.5, 0.6) is 0 Å². The van der Waals surface area contributed by atoms with E-state index in [9.17, 15) is 4.79 Å². The van der Waals surface area contributed by atoms with Crippen molar-refractivity contribution < 1.29 is 4.79 Å². The summed E-state index contributed by atoms with van der Waals surface area (Å²) in [6.07, 6.45) is 0. The highest BCUT2D eigenvalue weighted by molar-refractivity contribution is 6.42. The highest BCUT2D eigenvalue weighted by Crippen LogP contribution is 2.27. The van der Waals surface area contributed by atoms with Gasteiger partial charge < -0.3 is 0 Å². The number of aromatic nitrogens is 1. The Labute approximate surface area is 110 Å². The minimum atomic E-state index is -0.0669. The van der Waals surface area contributed by atoms with E-state index in [1.807, 2.05) is 19.9 Å². The molecule has 1 heterocycles. The molecule has 88 valence electrons. The predicted molar refractivity (Wildman–Crippen MR) is 70.9 cm³/mol. The second-order valence-corrected chi connectivity index (χ2v) is 4.99. The first kappa shape index (κ1) is 12.3. The second kappa shape index (κ2) is 4.63. The topological polar surface area (TPSA) is 30.0 Å². The summed E-state index contributed by atoms with van der Waals surface area (Å²) in [4.78, 5) is 16.1. The minimum Gasteiger partial charge on any atom is -0.292 e. The van der Waals surface area contributed by atoms with E-state index in [1.165, 1.54) is 0 Å². The molecule has 0 aliphatic rings. The quantitative estimate of drug-likeness (QED) is 0.756. The maximum Gasteiger partial charge on any atom is 0.183 e. The van der Waals surface area contributed by atoms with E-state index in [0.29, 0.717) is 21.3 Å². The van der Waals surface area contributed by atoms with Gasteiger partial charge in [-0.25, -0.2) is 4.98 Å². The fourth-order valence-electron chi connectivity index (χ4n) is 1.55. The lowest BCUT2D eigenvalue weighted by molar-refractivity contribution is 0.0935. The number of nitrogens with zero attached hydrogens (tertiary/aromatic N) is 1. The number of hydrogen-bond donors (Lipinski definition) is 0. The lowest BCUT2D eigenvalue weighted by Crippen LogP contribution is -2.09. The number of benzene rings is 1. The highest BCUT2D eigenvalue weighted by atomic mass is 35.5. The van der Waals surface area contributed by atoms with Crippen molar-refractivity contribution in [3.8, 4) is 0 Å². The Hall–Kier alpha value is -1.12. The molecular formula is C13H11Cl2NO. The molecule has 0 bridgehead atoms. The van der Waals surface area contributed by atoms with Crippen LogP contribution in [0.15, 0.2) is 24.3 Å². The summed E-state index contributed by atoms with van der Waals surface area (Å²) in [6, 6.07) is 6.97. The fourth-order valence-corrected chi connectivity index (χ4v) is 1.88. The zero-order chi connectivity index (χ0) is 12.6. The van der Waals surface area contributed by atoms with Crippen LogP contribution in [0.25, 0.3) is 10.9 Å². The molecule has 0 amide bonds. The summed E-state index contributed by atoms with van der Waals surface area (Å²) in [5.41, 5.74) is 1.15. The van der Waals surface area contributed by atoms with Crippen LogP contribution in [0.3, 0.4) is 0 Å². The van der Waals surface area contributed by atoms with Crippen molar-refractivity contribution in [2.45, 2.75) is 13.8 Å². The number of halogens is 2. The van der Waals surface area contributed by atoms with Gasteiger partial charge >= 0.3 is 0 Å². The number of ketones is 1. The molecule has 2 aromatic rings. The second-order valence-electron chi connectivity index (χ2n) is 4.17. The Balaban J connectivity index is 2.58. The third-order valence-corrected chi connectivity index (χ3v) is 3.23. The molecule has 4 heteroatoms. The van der Waals surface area contributed by atoms with Crippen LogP contribution in [0, 0.1) is 5.92 Å². The Morgan fingerprint density at radius 2 is 1.82 bits per heavy atom. The number of pyridine rings is 1. The molecule has 17 heavy (non-hydrogen) atoms. The maximum atomic E-state index is 11.8. The number of fused-ring (bicyclic) bond motifs is 1. The maximum absolute atomic E-state index is 11.8. The largest absolute Gasteiger partial charge is 0.292 e. The van der Waals surface area contributed by atoms with E-state index in [-0.39, 0.29) is 11.7 Å². The lowest BCUT2D eigenvalue weighted by atomic mass is 10.0. The van der Waals surface area contributed by atoms with Crippen LogP contribution in [0.1, 0.15) is 24.3 Å². The third-order valence-electron chi connectivity index (χ3n) is 2.51. The molecule has 1 aromatic carbocycles. The van der Waals surface area contributed by atoms with Crippen molar-refractivity contribution in [1.82, 2.24) is 4.98 Å². The Morgan fingerprint density at radius 1 is 1.18 bits per heavy atom. The Bertz CT molecular complexity index is 593. The van der Waals surface area contributed by atoms with Crippen molar-refractivity contribution in [2.75, 3.05) is 0 Å². The van der Waals surface area contributed by atoms with Crippen molar-refractivity contribution in [3.05, 3.63) is 40.0 Å². The molecule has 0 unspecified atom stereocenters. The predicted octanol–water partition coefficient (Wildman–Crippen LogP) is 4.38. The van der Waals surface area contributed by atoms with E-state index in [1.54, 1.807) is 18.2 Å². The molecule has 2 rings (SSSR count). The van der Waals surface area contributed by atoms with E-state index < -0.39 is 0 Å². The monoisotopic (exact) mass is 267 g/mol. The van der Waals surface area contributed by atoms with Gasteiger partial charge in [0.2, 0.25) is 0 Å². The minimum absolute atomic E-state index is 0.0259. The van der Waals surface area contributed by atoms with Crippen LogP contribution in [0.4, 0.5) is 0 Å². The van der Waals surface area contributed by atoms with Crippen molar-refractivity contribution in [3.63, 3.8) is 0 Å². The van der Waals surface area contributed by atoms with Crippen LogP contribution in [-0.4, -0.2) is 10.8 Å². The average molecular weight is 268 g/mol. The standard InChI is InChI=1S/C13H11Cl2NO/c1-7(2)13(17)11-4-3-8-5-9(14)10(15)6-12(8)16-11/h3-7H,1-2H3. The first-order valence-electron chi connectivity index (χ1n) is 5.29. The fraction of sp³-hybridized carbons (Fsp3) is 0.231. The van der Waals surface area contributed by atoms with Gasteiger partial charge in [0.1, 0.15) is 5.69 Å². The van der Waals surface area contributed by atoms with Gasteiger partial charge in [-0.15, -0.1) is 0 Å². The Kier molecular flexibility index (Phi) is 3.36. The molecule has 0 spiro atoms. The number of carbonyl (C=O) groups excluding carboxylic acids is 1. The zero-order valence-electron chi connectivity index (χ0n) is 9.50. The summed E-state index contributed by atoms with van der Waals surface area (Å²) in [6.45, 7) is 3.70. The molecule has 0 saturated carbocycles. The normalized spacial score (nSPS) is 11.1. The zero-order valence-corrected chi connectivity index (χ0v) is 11.0. The van der Waals surface area contributed by atoms with Gasteiger partial charge in [-0.05, 0) is 18.2 Å². The van der Waals surface area contributed by atoms with Crippen LogP contribution < -0.4 is 0 Å². The number of rotatable bonds is 2. The molecule has 0 aliphatic carbocycles. The molecule has 0 aliphatic heterocycles. The number of Topliss-reactive ketones (excluding diaryl/α,β-unsaturated/α-hetero) is 1. The number of carbonyl (C=O) groups is 1. The molecule has 0 saturated heterocycles. The third kappa shape index (κ3) is 2.43. The van der Waals surface area contributed by atoms with Gasteiger partial charge in [0.25, 0.3) is 0 Å². The SMILES string of the molecule is CC(C)C(=O)c1ccc2cc(Cl)c(Cl)cc2n1. The first-order chi connectivity index (χ1) is 7.99. The smallest absolute Gasteiger partial charge is 0.183 e. The molecular weight excluding hydrogens is 257 g/mol. The van der Waals surface area contributed by atoms with Gasteiger partial charge in [-0.3, -0.25) is 4.79 Å². The van der Waals surface area contributed by atoms with Gasteiger partial charge in [-0.2, -0.15) is 0 Å². The van der Waals surface area contributed by atoms with Crippen molar-refractivity contribution >= 4 is 39.9 Å². The average Bonchev–Trinajstić information content (AvgIpc) is 2.29. The van der Waals surface area contributed by atoms with E-state index >= 15 is 0 Å². The summed E-state index contributed by atoms with van der Waals surface area (Å²) in [7, 11) is 0. The van der Waals surface area contributed by atoms with Gasteiger partial charge in [-0.1, -0.05) is 43.1 Å². The van der Waals surface area contributed by atoms with E-state index in [0.717, 1.165) is 5.39 Å². The summed E-state index contributed by atoms with van der Waals surface area (Å²) in [5.74, 6) is -0.0410. The number of hydrogen-bond acceptors (Lipinski definition) is 2. The first-order valence-corrected chi connectivity index (χ1v) is 6.04. The van der Waals surface area contributed by atoms with E-state index in [4.69, 9.17) is 23.2 Å². The molecule has 0 radical (unpaired) electrons. The summed E-state index contributed by atoms with van der Waals surface area (Å²) >= 11 is 11.8. The molecule has 0 atom stereocenters. The molecule has 0 N–H and O–H groups in total. The van der Waals surface area contributed by atoms with Crippen LogP contribution >= 0.6 is 23.2 Å². The van der Waals surface area contributed by atoms with Gasteiger partial charge in [0, 0.05) is 11.3 Å². The lowest BCUT2D eigenvalue weighted by Gasteiger charge is -2.05. The van der Waals surface area contributed by atoms with Crippen molar-refractivity contribution in [2.24, 2.45) is 5.92 Å². The summed E-state index contributed by atoms with van der Waals surface area (Å²) < 4.78 is 0.